The fourth-order valence-corrected chi connectivity index (χ4v) is 2.53. The highest BCUT2D eigenvalue weighted by atomic mass is 79.9. The van der Waals surface area contributed by atoms with E-state index in [2.05, 4.69) is 15.9 Å². The first kappa shape index (κ1) is 12.4. The summed E-state index contributed by atoms with van der Waals surface area (Å²) < 4.78 is 32.1. The summed E-state index contributed by atoms with van der Waals surface area (Å²) in [6.45, 7) is 0.0668. The second-order valence-corrected chi connectivity index (χ2v) is 4.93. The van der Waals surface area contributed by atoms with Gasteiger partial charge in [-0.15, -0.1) is 0 Å². The number of methoxy groups -OCH3 is 1. The molecular weight excluding hydrogens is 294 g/mol. The molecule has 17 heavy (non-hydrogen) atoms. The molecule has 0 aliphatic carbocycles. The maximum absolute atomic E-state index is 13.2. The van der Waals surface area contributed by atoms with E-state index in [0.717, 1.165) is 0 Å². The van der Waals surface area contributed by atoms with Crippen molar-refractivity contribution >= 4 is 27.3 Å². The first-order chi connectivity index (χ1) is 7.93. The van der Waals surface area contributed by atoms with Gasteiger partial charge < -0.3 is 15.4 Å². The van der Waals surface area contributed by atoms with Crippen molar-refractivity contribution in [3.63, 3.8) is 0 Å². The number of benzene rings is 1. The lowest BCUT2D eigenvalue weighted by atomic mass is 10.2. The van der Waals surface area contributed by atoms with Crippen LogP contribution in [0.2, 0.25) is 0 Å². The average molecular weight is 307 g/mol. The molecule has 0 aromatic heterocycles. The summed E-state index contributed by atoms with van der Waals surface area (Å²) in [7, 11) is 1.50. The summed E-state index contributed by atoms with van der Waals surface area (Å²) in [6, 6.07) is 3.35. The van der Waals surface area contributed by atoms with Gasteiger partial charge in [0.05, 0.1) is 25.0 Å². The predicted octanol–water partition coefficient (Wildman–Crippen LogP) is 2.89. The largest absolute Gasteiger partial charge is 0.495 e. The van der Waals surface area contributed by atoms with E-state index in [1.54, 1.807) is 17.0 Å². The zero-order valence-electron chi connectivity index (χ0n) is 9.34. The molecule has 0 unspecified atom stereocenters. The lowest BCUT2D eigenvalue weighted by molar-refractivity contribution is 0.0257. The Morgan fingerprint density at radius 1 is 1.47 bits per heavy atom. The maximum Gasteiger partial charge on any atom is 0.266 e. The van der Waals surface area contributed by atoms with E-state index >= 15 is 0 Å². The fraction of sp³-hybridized carbons (Fsp3) is 0.455. The van der Waals surface area contributed by atoms with E-state index < -0.39 is 5.92 Å². The molecule has 1 aliphatic rings. The first-order valence-electron chi connectivity index (χ1n) is 5.19. The SMILES string of the molecule is COc1cc(N2CCC(F)(F)C2)c(Br)cc1N. The Kier molecular flexibility index (Phi) is 3.16. The highest BCUT2D eigenvalue weighted by molar-refractivity contribution is 9.10. The third-order valence-electron chi connectivity index (χ3n) is 2.81. The molecule has 1 fully saturated rings. The second-order valence-electron chi connectivity index (χ2n) is 4.07. The molecule has 94 valence electrons. The zero-order valence-corrected chi connectivity index (χ0v) is 10.9. The number of halogens is 3. The van der Waals surface area contributed by atoms with Crippen LogP contribution < -0.4 is 15.4 Å². The van der Waals surface area contributed by atoms with E-state index in [0.29, 0.717) is 28.1 Å². The number of nitrogen functional groups attached to an aromatic ring is 1. The Balaban J connectivity index is 2.33. The molecule has 0 amide bonds. The van der Waals surface area contributed by atoms with Crippen LogP contribution in [0.4, 0.5) is 20.2 Å². The van der Waals surface area contributed by atoms with Crippen molar-refractivity contribution in [1.29, 1.82) is 0 Å². The highest BCUT2D eigenvalue weighted by Crippen LogP contribution is 2.39. The molecule has 1 aromatic rings. The molecule has 1 aliphatic heterocycles. The lowest BCUT2D eigenvalue weighted by Crippen LogP contribution is -2.25. The minimum absolute atomic E-state index is 0.119. The highest BCUT2D eigenvalue weighted by Gasteiger charge is 2.38. The Bertz CT molecular complexity index is 440. The molecule has 1 saturated heterocycles. The molecule has 0 spiro atoms. The van der Waals surface area contributed by atoms with Crippen molar-refractivity contribution in [2.45, 2.75) is 12.3 Å². The third-order valence-corrected chi connectivity index (χ3v) is 3.44. The normalized spacial score (nSPS) is 18.5. The zero-order chi connectivity index (χ0) is 12.6. The molecule has 1 heterocycles. The van der Waals surface area contributed by atoms with Gasteiger partial charge in [0.15, 0.2) is 0 Å². The van der Waals surface area contributed by atoms with Crippen LogP contribution in [0, 0.1) is 0 Å². The molecule has 2 rings (SSSR count). The molecule has 1 aromatic carbocycles. The summed E-state index contributed by atoms with van der Waals surface area (Å²) in [5.74, 6) is -2.12. The van der Waals surface area contributed by atoms with Crippen molar-refractivity contribution in [2.75, 3.05) is 30.8 Å². The quantitative estimate of drug-likeness (QED) is 0.854. The van der Waals surface area contributed by atoms with Crippen LogP contribution in [0.5, 0.6) is 5.75 Å². The Morgan fingerprint density at radius 3 is 2.71 bits per heavy atom. The molecule has 0 saturated carbocycles. The average Bonchev–Trinajstić information content (AvgIpc) is 2.59. The Labute approximate surface area is 107 Å². The number of alkyl halides is 2. The van der Waals surface area contributed by atoms with Crippen LogP contribution in [0.15, 0.2) is 16.6 Å². The van der Waals surface area contributed by atoms with Gasteiger partial charge in [-0.1, -0.05) is 0 Å². The van der Waals surface area contributed by atoms with Gasteiger partial charge >= 0.3 is 0 Å². The molecule has 0 bridgehead atoms. The molecule has 6 heteroatoms. The Hall–Kier alpha value is -1.04. The Morgan fingerprint density at radius 2 is 2.18 bits per heavy atom. The van der Waals surface area contributed by atoms with E-state index in [9.17, 15) is 8.78 Å². The first-order valence-corrected chi connectivity index (χ1v) is 5.98. The predicted molar refractivity (Wildman–Crippen MR) is 66.9 cm³/mol. The van der Waals surface area contributed by atoms with Gasteiger partial charge in [0.1, 0.15) is 5.75 Å². The van der Waals surface area contributed by atoms with E-state index in [1.807, 2.05) is 0 Å². The van der Waals surface area contributed by atoms with Crippen LogP contribution in [-0.2, 0) is 0 Å². The van der Waals surface area contributed by atoms with Crippen molar-refractivity contribution in [2.24, 2.45) is 0 Å². The van der Waals surface area contributed by atoms with Crippen molar-refractivity contribution in [1.82, 2.24) is 0 Å². The molecule has 0 atom stereocenters. The molecule has 2 N–H and O–H groups in total. The van der Waals surface area contributed by atoms with Crippen molar-refractivity contribution < 1.29 is 13.5 Å². The van der Waals surface area contributed by atoms with Gasteiger partial charge in [0.2, 0.25) is 0 Å². The monoisotopic (exact) mass is 306 g/mol. The van der Waals surface area contributed by atoms with Gasteiger partial charge in [-0.2, -0.15) is 0 Å². The van der Waals surface area contributed by atoms with Gasteiger partial charge in [-0.3, -0.25) is 0 Å². The molecular formula is C11H13BrF2N2O. The summed E-state index contributed by atoms with van der Waals surface area (Å²) in [6.07, 6.45) is -0.119. The van der Waals surface area contributed by atoms with E-state index in [1.165, 1.54) is 7.11 Å². The standard InChI is InChI=1S/C11H13BrF2N2O/c1-17-10-5-9(7(12)4-8(10)15)16-3-2-11(13,14)6-16/h4-5H,2-3,6,15H2,1H3. The minimum atomic E-state index is -2.62. The smallest absolute Gasteiger partial charge is 0.266 e. The number of ether oxygens (including phenoxy) is 1. The summed E-state index contributed by atoms with van der Waals surface area (Å²) in [5.41, 5.74) is 6.90. The van der Waals surface area contributed by atoms with Crippen LogP contribution >= 0.6 is 15.9 Å². The number of anilines is 2. The summed E-state index contributed by atoms with van der Waals surface area (Å²) in [5, 5.41) is 0. The molecule has 0 radical (unpaired) electrons. The molecule has 3 nitrogen and oxygen atoms in total. The van der Waals surface area contributed by atoms with Crippen LogP contribution in [0.1, 0.15) is 6.42 Å². The number of nitrogens with zero attached hydrogens (tertiary/aromatic N) is 1. The minimum Gasteiger partial charge on any atom is -0.495 e. The number of nitrogens with two attached hydrogens (primary N) is 1. The second kappa shape index (κ2) is 4.33. The van der Waals surface area contributed by atoms with Crippen LogP contribution in [0.3, 0.4) is 0 Å². The number of hydrogen-bond acceptors (Lipinski definition) is 3. The van der Waals surface area contributed by atoms with Crippen LogP contribution in [-0.4, -0.2) is 26.1 Å². The van der Waals surface area contributed by atoms with Gasteiger partial charge in [0, 0.05) is 23.5 Å². The third kappa shape index (κ3) is 2.46. The fourth-order valence-electron chi connectivity index (χ4n) is 1.92. The van der Waals surface area contributed by atoms with Crippen LogP contribution in [0.25, 0.3) is 0 Å². The van der Waals surface area contributed by atoms with Crippen molar-refractivity contribution in [3.05, 3.63) is 16.6 Å². The van der Waals surface area contributed by atoms with Gasteiger partial charge in [-0.25, -0.2) is 8.78 Å². The van der Waals surface area contributed by atoms with Gasteiger partial charge in [-0.05, 0) is 22.0 Å². The topological polar surface area (TPSA) is 38.5 Å². The lowest BCUT2D eigenvalue weighted by Gasteiger charge is -2.21. The summed E-state index contributed by atoms with van der Waals surface area (Å²) >= 11 is 3.34. The van der Waals surface area contributed by atoms with Crippen molar-refractivity contribution in [3.8, 4) is 5.75 Å². The number of hydrogen-bond donors (Lipinski definition) is 1. The maximum atomic E-state index is 13.2. The van der Waals surface area contributed by atoms with E-state index in [-0.39, 0.29) is 13.0 Å². The summed E-state index contributed by atoms with van der Waals surface area (Å²) in [4.78, 5) is 1.63. The van der Waals surface area contributed by atoms with Gasteiger partial charge in [0.25, 0.3) is 5.92 Å². The van der Waals surface area contributed by atoms with E-state index in [4.69, 9.17) is 10.5 Å². The number of rotatable bonds is 2.